The van der Waals surface area contributed by atoms with Crippen LogP contribution in [0, 0.1) is 6.92 Å². The zero-order valence-electron chi connectivity index (χ0n) is 17.8. The largest absolute Gasteiger partial charge is 0.459 e. The van der Waals surface area contributed by atoms with Gasteiger partial charge in [0.25, 0.3) is 0 Å². The third-order valence-electron chi connectivity index (χ3n) is 4.84. The van der Waals surface area contributed by atoms with Crippen molar-refractivity contribution in [3.8, 4) is 11.1 Å². The molecule has 4 rings (SSSR count). The lowest BCUT2D eigenvalue weighted by Crippen LogP contribution is -2.26. The summed E-state index contributed by atoms with van der Waals surface area (Å²) in [4.78, 5) is 33.6. The van der Waals surface area contributed by atoms with Gasteiger partial charge in [0.05, 0.1) is 11.2 Å². The molecule has 0 N–H and O–H groups in total. The van der Waals surface area contributed by atoms with Gasteiger partial charge in [-0.3, -0.25) is 14.3 Å². The van der Waals surface area contributed by atoms with Crippen molar-refractivity contribution in [2.24, 2.45) is 0 Å². The molecule has 2 heterocycles. The second-order valence-corrected chi connectivity index (χ2v) is 8.49. The van der Waals surface area contributed by atoms with Crippen LogP contribution in [0.1, 0.15) is 55.3 Å². The number of esters is 1. The van der Waals surface area contributed by atoms with E-state index in [2.05, 4.69) is 21.1 Å². The average molecular weight is 404 g/mol. The van der Waals surface area contributed by atoms with Crippen LogP contribution in [0.5, 0.6) is 0 Å². The Bertz CT molecular complexity index is 1220. The van der Waals surface area contributed by atoms with E-state index in [9.17, 15) is 9.59 Å². The number of aromatic nitrogens is 4. The second kappa shape index (κ2) is 7.16. The zero-order chi connectivity index (χ0) is 21.6. The number of rotatable bonds is 3. The first kappa shape index (κ1) is 19.9. The first-order valence-electron chi connectivity index (χ1n) is 9.89. The molecule has 0 spiro atoms. The molecule has 7 heteroatoms. The molecule has 7 nitrogen and oxygen atoms in total. The molecule has 0 saturated heterocycles. The standard InChI is InChI=1S/C23H24N4O3/c1-13(28)22-17-10-16-15(7-6-8-19-18(16)11-24-14(2)25-19)9-20(17)27(26-22)12-21(29)30-23(3,4)5/h6-7,9-11H,8,12H2,1-5H3. The summed E-state index contributed by atoms with van der Waals surface area (Å²) in [5, 5.41) is 5.14. The lowest BCUT2D eigenvalue weighted by atomic mass is 9.97. The SMILES string of the molecule is CC(=O)c1nn(CC(=O)OC(C)(C)C)c2cc3c(cc12)-c1cnc(C)nc1CC=C3. The maximum Gasteiger partial charge on any atom is 0.328 e. The predicted molar refractivity (Wildman–Crippen MR) is 114 cm³/mol. The highest BCUT2D eigenvalue weighted by molar-refractivity contribution is 6.07. The van der Waals surface area contributed by atoms with Crippen molar-refractivity contribution in [1.82, 2.24) is 19.7 Å². The number of fused-ring (bicyclic) bond motifs is 4. The Morgan fingerprint density at radius 2 is 1.97 bits per heavy atom. The monoisotopic (exact) mass is 404 g/mol. The summed E-state index contributed by atoms with van der Waals surface area (Å²) in [6.07, 6.45) is 6.62. The van der Waals surface area contributed by atoms with Crippen molar-refractivity contribution in [2.45, 2.75) is 53.2 Å². The van der Waals surface area contributed by atoms with E-state index in [1.54, 1.807) is 4.68 Å². The molecule has 154 valence electrons. The Balaban J connectivity index is 1.88. The fourth-order valence-corrected chi connectivity index (χ4v) is 3.68. The van der Waals surface area contributed by atoms with Crippen molar-refractivity contribution >= 4 is 28.7 Å². The molecule has 2 aromatic heterocycles. The fraction of sp³-hybridized carbons (Fsp3) is 0.348. The van der Waals surface area contributed by atoms with Gasteiger partial charge in [-0.05, 0) is 51.0 Å². The third kappa shape index (κ3) is 3.75. The number of Topliss-reactive ketones (excluding diaryl/α,β-unsaturated/α-hetero) is 1. The molecule has 0 radical (unpaired) electrons. The molecule has 0 aliphatic heterocycles. The van der Waals surface area contributed by atoms with Gasteiger partial charge in [0.1, 0.15) is 23.7 Å². The van der Waals surface area contributed by atoms with E-state index in [0.717, 1.165) is 28.2 Å². The molecule has 0 unspecified atom stereocenters. The topological polar surface area (TPSA) is 87.0 Å². The lowest BCUT2D eigenvalue weighted by molar-refractivity contribution is -0.155. The molecule has 0 saturated carbocycles. The number of carbonyl (C=O) groups excluding carboxylic acids is 2. The molecule has 1 aromatic carbocycles. The maximum absolute atomic E-state index is 12.4. The lowest BCUT2D eigenvalue weighted by Gasteiger charge is -2.19. The number of carbonyl (C=O) groups is 2. The minimum absolute atomic E-state index is 0.0670. The van der Waals surface area contributed by atoms with Crippen molar-refractivity contribution in [3.63, 3.8) is 0 Å². The van der Waals surface area contributed by atoms with Gasteiger partial charge in [0.15, 0.2) is 5.78 Å². The van der Waals surface area contributed by atoms with Crippen molar-refractivity contribution in [2.75, 3.05) is 0 Å². The smallest absolute Gasteiger partial charge is 0.328 e. The van der Waals surface area contributed by atoms with Crippen LogP contribution in [0.25, 0.3) is 28.1 Å². The van der Waals surface area contributed by atoms with Crippen molar-refractivity contribution in [1.29, 1.82) is 0 Å². The molecule has 1 aliphatic carbocycles. The number of hydrogen-bond donors (Lipinski definition) is 0. The first-order chi connectivity index (χ1) is 14.1. The Kier molecular flexibility index (Phi) is 4.76. The normalized spacial score (nSPS) is 13.0. The van der Waals surface area contributed by atoms with Crippen LogP contribution < -0.4 is 0 Å². The van der Waals surface area contributed by atoms with Gasteiger partial charge >= 0.3 is 5.97 Å². The Labute approximate surface area is 174 Å². The van der Waals surface area contributed by atoms with Crippen molar-refractivity contribution < 1.29 is 14.3 Å². The van der Waals surface area contributed by atoms with E-state index in [-0.39, 0.29) is 12.3 Å². The van der Waals surface area contributed by atoms with Gasteiger partial charge in [-0.15, -0.1) is 0 Å². The summed E-state index contributed by atoms with van der Waals surface area (Å²) >= 11 is 0. The maximum atomic E-state index is 12.4. The minimum Gasteiger partial charge on any atom is -0.459 e. The van der Waals surface area contributed by atoms with Crippen LogP contribution >= 0.6 is 0 Å². The molecule has 0 atom stereocenters. The van der Waals surface area contributed by atoms with Crippen LogP contribution in [-0.2, 0) is 22.5 Å². The predicted octanol–water partition coefficient (Wildman–Crippen LogP) is 3.92. The van der Waals surface area contributed by atoms with E-state index in [0.29, 0.717) is 23.0 Å². The summed E-state index contributed by atoms with van der Waals surface area (Å²) in [7, 11) is 0. The molecular formula is C23H24N4O3. The van der Waals surface area contributed by atoms with E-state index in [4.69, 9.17) is 4.74 Å². The summed E-state index contributed by atoms with van der Waals surface area (Å²) in [5.41, 5.74) is 4.26. The summed E-state index contributed by atoms with van der Waals surface area (Å²) < 4.78 is 6.98. The first-order valence-corrected chi connectivity index (χ1v) is 9.89. The number of nitrogens with zero attached hydrogens (tertiary/aromatic N) is 4. The Hall–Kier alpha value is -3.35. The fourth-order valence-electron chi connectivity index (χ4n) is 3.68. The molecule has 0 bridgehead atoms. The summed E-state index contributed by atoms with van der Waals surface area (Å²) in [6, 6.07) is 3.91. The van der Waals surface area contributed by atoms with Gasteiger partial charge in [0.2, 0.25) is 0 Å². The van der Waals surface area contributed by atoms with Crippen LogP contribution in [0.15, 0.2) is 24.4 Å². The zero-order valence-corrected chi connectivity index (χ0v) is 17.8. The molecule has 0 amide bonds. The number of benzene rings is 1. The molecule has 3 aromatic rings. The highest BCUT2D eigenvalue weighted by atomic mass is 16.6. The average Bonchev–Trinajstić information content (AvgIpc) is 2.87. The number of ketones is 1. The van der Waals surface area contributed by atoms with E-state index >= 15 is 0 Å². The highest BCUT2D eigenvalue weighted by Crippen LogP contribution is 2.35. The number of hydrogen-bond acceptors (Lipinski definition) is 6. The molecule has 30 heavy (non-hydrogen) atoms. The Morgan fingerprint density at radius 1 is 1.20 bits per heavy atom. The van der Waals surface area contributed by atoms with Gasteiger partial charge in [-0.25, -0.2) is 9.97 Å². The van der Waals surface area contributed by atoms with Gasteiger partial charge < -0.3 is 4.74 Å². The Morgan fingerprint density at radius 3 is 2.67 bits per heavy atom. The third-order valence-corrected chi connectivity index (χ3v) is 4.84. The molecule has 0 fully saturated rings. The van der Waals surface area contributed by atoms with E-state index in [1.807, 2.05) is 52.1 Å². The molecular weight excluding hydrogens is 380 g/mol. The van der Waals surface area contributed by atoms with E-state index < -0.39 is 11.6 Å². The second-order valence-electron chi connectivity index (χ2n) is 8.49. The van der Waals surface area contributed by atoms with E-state index in [1.165, 1.54) is 6.92 Å². The van der Waals surface area contributed by atoms with Crippen LogP contribution in [0.2, 0.25) is 0 Å². The number of ether oxygens (including phenoxy) is 1. The molecule has 1 aliphatic rings. The van der Waals surface area contributed by atoms with Crippen LogP contribution in [0.4, 0.5) is 0 Å². The van der Waals surface area contributed by atoms with Crippen LogP contribution in [-0.4, -0.2) is 37.1 Å². The number of aryl methyl sites for hydroxylation is 1. The quantitative estimate of drug-likeness (QED) is 0.486. The number of allylic oxidation sites excluding steroid dienone is 1. The highest BCUT2D eigenvalue weighted by Gasteiger charge is 2.23. The van der Waals surface area contributed by atoms with Gasteiger partial charge in [0, 0.05) is 30.5 Å². The van der Waals surface area contributed by atoms with Gasteiger partial charge in [-0.2, -0.15) is 5.10 Å². The summed E-state index contributed by atoms with van der Waals surface area (Å²) in [6.45, 7) is 8.73. The minimum atomic E-state index is -0.592. The van der Waals surface area contributed by atoms with Gasteiger partial charge in [-0.1, -0.05) is 12.2 Å². The van der Waals surface area contributed by atoms with Crippen LogP contribution in [0.3, 0.4) is 0 Å². The summed E-state index contributed by atoms with van der Waals surface area (Å²) in [5.74, 6) is 0.162. The van der Waals surface area contributed by atoms with Crippen molar-refractivity contribution in [3.05, 3.63) is 47.2 Å².